The quantitative estimate of drug-likeness (QED) is 0.735. The molecule has 18 heavy (non-hydrogen) atoms. The molecule has 0 saturated carbocycles. The summed E-state index contributed by atoms with van der Waals surface area (Å²) in [5, 5.41) is 20.5. The summed E-state index contributed by atoms with van der Waals surface area (Å²) >= 11 is 0. The van der Waals surface area contributed by atoms with Crippen LogP contribution in [-0.4, -0.2) is 47.4 Å². The van der Waals surface area contributed by atoms with Crippen molar-refractivity contribution in [1.29, 1.82) is 0 Å². The highest BCUT2D eigenvalue weighted by molar-refractivity contribution is 5.90. The molecule has 0 aromatic heterocycles. The molecule has 5 heteroatoms. The molecular weight excluding hydrogens is 232 g/mol. The number of anilines is 1. The number of rotatable bonds is 5. The van der Waals surface area contributed by atoms with Gasteiger partial charge in [0.1, 0.15) is 0 Å². The van der Waals surface area contributed by atoms with E-state index in [1.54, 1.807) is 0 Å². The zero-order valence-electron chi connectivity index (χ0n) is 10.8. The van der Waals surface area contributed by atoms with E-state index in [0.717, 1.165) is 16.8 Å². The van der Waals surface area contributed by atoms with E-state index >= 15 is 0 Å². The molecule has 1 aromatic rings. The number of nitrogens with zero attached hydrogens (tertiary/aromatic N) is 1. The monoisotopic (exact) mass is 252 g/mol. The summed E-state index contributed by atoms with van der Waals surface area (Å²) in [5.74, 6) is 0. The fourth-order valence-electron chi connectivity index (χ4n) is 1.62. The highest BCUT2D eigenvalue weighted by atomic mass is 16.3. The van der Waals surface area contributed by atoms with Gasteiger partial charge in [0.15, 0.2) is 0 Å². The lowest BCUT2D eigenvalue weighted by Crippen LogP contribution is -2.39. The van der Waals surface area contributed by atoms with E-state index in [-0.39, 0.29) is 32.3 Å². The van der Waals surface area contributed by atoms with Gasteiger partial charge in [0.25, 0.3) is 0 Å². The first-order chi connectivity index (χ1) is 8.58. The average molecular weight is 252 g/mol. The highest BCUT2D eigenvalue weighted by Crippen LogP contribution is 2.16. The zero-order chi connectivity index (χ0) is 13.5. The minimum absolute atomic E-state index is 0.125. The van der Waals surface area contributed by atoms with Crippen molar-refractivity contribution in [1.82, 2.24) is 4.90 Å². The Morgan fingerprint density at radius 2 is 1.83 bits per heavy atom. The third-order valence-electron chi connectivity index (χ3n) is 2.66. The molecule has 5 nitrogen and oxygen atoms in total. The van der Waals surface area contributed by atoms with Gasteiger partial charge in [0.05, 0.1) is 13.2 Å². The summed E-state index contributed by atoms with van der Waals surface area (Å²) in [5.41, 5.74) is 2.79. The number of carbonyl (C=O) groups is 1. The third-order valence-corrected chi connectivity index (χ3v) is 2.66. The SMILES string of the molecule is Cc1ccc(C)c(NC(=O)N(CCO)CCO)c1. The van der Waals surface area contributed by atoms with E-state index in [0.29, 0.717) is 0 Å². The maximum atomic E-state index is 11.9. The molecule has 0 spiro atoms. The maximum absolute atomic E-state index is 11.9. The summed E-state index contributed by atoms with van der Waals surface area (Å²) in [4.78, 5) is 13.3. The number of hydrogen-bond acceptors (Lipinski definition) is 3. The van der Waals surface area contributed by atoms with Crippen LogP contribution in [-0.2, 0) is 0 Å². The molecule has 0 bridgehead atoms. The van der Waals surface area contributed by atoms with Gasteiger partial charge >= 0.3 is 6.03 Å². The molecule has 100 valence electrons. The number of urea groups is 1. The first kappa shape index (κ1) is 14.5. The summed E-state index contributed by atoms with van der Waals surface area (Å²) < 4.78 is 0. The largest absolute Gasteiger partial charge is 0.395 e. The van der Waals surface area contributed by atoms with Crippen LogP contribution in [0.3, 0.4) is 0 Å². The summed E-state index contributed by atoms with van der Waals surface area (Å²) in [6.45, 7) is 4.03. The van der Waals surface area contributed by atoms with Crippen molar-refractivity contribution in [3.05, 3.63) is 29.3 Å². The smallest absolute Gasteiger partial charge is 0.322 e. The number of aliphatic hydroxyl groups excluding tert-OH is 2. The van der Waals surface area contributed by atoms with Crippen molar-refractivity contribution >= 4 is 11.7 Å². The van der Waals surface area contributed by atoms with E-state index in [1.165, 1.54) is 4.90 Å². The fraction of sp³-hybridized carbons (Fsp3) is 0.462. The minimum Gasteiger partial charge on any atom is -0.395 e. The number of amides is 2. The molecule has 0 radical (unpaired) electrons. The fourth-order valence-corrected chi connectivity index (χ4v) is 1.62. The van der Waals surface area contributed by atoms with Gasteiger partial charge in [-0.1, -0.05) is 12.1 Å². The van der Waals surface area contributed by atoms with Crippen LogP contribution in [0, 0.1) is 13.8 Å². The molecule has 3 N–H and O–H groups in total. The zero-order valence-corrected chi connectivity index (χ0v) is 10.8. The Hall–Kier alpha value is -1.59. The predicted octanol–water partition coefficient (Wildman–Crippen LogP) is 1.12. The number of carbonyl (C=O) groups excluding carboxylic acids is 1. The Bertz CT molecular complexity index is 401. The predicted molar refractivity (Wildman–Crippen MR) is 70.7 cm³/mol. The van der Waals surface area contributed by atoms with E-state index < -0.39 is 0 Å². The average Bonchev–Trinajstić information content (AvgIpc) is 2.33. The van der Waals surface area contributed by atoms with Crippen molar-refractivity contribution < 1.29 is 15.0 Å². The van der Waals surface area contributed by atoms with Crippen LogP contribution < -0.4 is 5.32 Å². The van der Waals surface area contributed by atoms with Gasteiger partial charge < -0.3 is 20.4 Å². The van der Waals surface area contributed by atoms with Crippen molar-refractivity contribution in [2.24, 2.45) is 0 Å². The topological polar surface area (TPSA) is 72.8 Å². The van der Waals surface area contributed by atoms with E-state index in [9.17, 15) is 4.79 Å². The molecule has 0 aliphatic carbocycles. The Kier molecular flexibility index (Phi) is 5.61. The van der Waals surface area contributed by atoms with Gasteiger partial charge in [-0.2, -0.15) is 0 Å². The number of hydrogen-bond donors (Lipinski definition) is 3. The van der Waals surface area contributed by atoms with Crippen molar-refractivity contribution in [2.75, 3.05) is 31.6 Å². The van der Waals surface area contributed by atoms with E-state index in [2.05, 4.69) is 5.32 Å². The molecule has 0 heterocycles. The lowest BCUT2D eigenvalue weighted by molar-refractivity contribution is 0.167. The Morgan fingerprint density at radius 3 is 2.39 bits per heavy atom. The molecule has 1 aromatic carbocycles. The molecule has 0 saturated heterocycles. The molecule has 0 aliphatic rings. The number of aliphatic hydroxyl groups is 2. The van der Waals surface area contributed by atoms with Crippen LogP contribution in [0.15, 0.2) is 18.2 Å². The molecular formula is C13H20N2O3. The number of benzene rings is 1. The van der Waals surface area contributed by atoms with Crippen molar-refractivity contribution in [3.8, 4) is 0 Å². The molecule has 1 rings (SSSR count). The Balaban J connectivity index is 2.75. The molecule has 0 atom stereocenters. The van der Waals surface area contributed by atoms with E-state index in [1.807, 2.05) is 32.0 Å². The summed E-state index contributed by atoms with van der Waals surface area (Å²) in [7, 11) is 0. The lowest BCUT2D eigenvalue weighted by Gasteiger charge is -2.21. The van der Waals surface area contributed by atoms with Gasteiger partial charge in [-0.15, -0.1) is 0 Å². The van der Waals surface area contributed by atoms with Gasteiger partial charge in [-0.25, -0.2) is 4.79 Å². The standard InChI is InChI=1S/C13H20N2O3/c1-10-3-4-11(2)12(9-10)14-13(18)15(5-7-16)6-8-17/h3-4,9,16-17H,5-8H2,1-2H3,(H,14,18). The Labute approximate surface area is 107 Å². The van der Waals surface area contributed by atoms with Gasteiger partial charge in [0, 0.05) is 18.8 Å². The van der Waals surface area contributed by atoms with Crippen molar-refractivity contribution in [3.63, 3.8) is 0 Å². The molecule has 2 amide bonds. The van der Waals surface area contributed by atoms with Crippen LogP contribution in [0.2, 0.25) is 0 Å². The molecule has 0 fully saturated rings. The Morgan fingerprint density at radius 1 is 1.22 bits per heavy atom. The van der Waals surface area contributed by atoms with Crippen LogP contribution in [0.5, 0.6) is 0 Å². The second-order valence-electron chi connectivity index (χ2n) is 4.18. The molecule has 0 unspecified atom stereocenters. The summed E-state index contributed by atoms with van der Waals surface area (Å²) in [6, 6.07) is 5.49. The normalized spacial score (nSPS) is 10.2. The second kappa shape index (κ2) is 6.98. The first-order valence-electron chi connectivity index (χ1n) is 5.93. The highest BCUT2D eigenvalue weighted by Gasteiger charge is 2.13. The third kappa shape index (κ3) is 4.01. The number of nitrogens with one attached hydrogen (secondary N) is 1. The second-order valence-corrected chi connectivity index (χ2v) is 4.18. The van der Waals surface area contributed by atoms with Crippen LogP contribution in [0.1, 0.15) is 11.1 Å². The summed E-state index contributed by atoms with van der Waals surface area (Å²) in [6.07, 6.45) is 0. The number of aryl methyl sites for hydroxylation is 2. The van der Waals surface area contributed by atoms with Crippen molar-refractivity contribution in [2.45, 2.75) is 13.8 Å². The first-order valence-corrected chi connectivity index (χ1v) is 5.93. The molecule has 0 aliphatic heterocycles. The minimum atomic E-state index is -0.313. The van der Waals surface area contributed by atoms with E-state index in [4.69, 9.17) is 10.2 Å². The van der Waals surface area contributed by atoms with Crippen LogP contribution >= 0.6 is 0 Å². The van der Waals surface area contributed by atoms with Gasteiger partial charge in [-0.3, -0.25) is 0 Å². The van der Waals surface area contributed by atoms with Crippen LogP contribution in [0.25, 0.3) is 0 Å². The maximum Gasteiger partial charge on any atom is 0.322 e. The van der Waals surface area contributed by atoms with Gasteiger partial charge in [0.2, 0.25) is 0 Å². The van der Waals surface area contributed by atoms with Gasteiger partial charge in [-0.05, 0) is 31.0 Å². The lowest BCUT2D eigenvalue weighted by atomic mass is 10.1. The van der Waals surface area contributed by atoms with Crippen LogP contribution in [0.4, 0.5) is 10.5 Å².